The molecule has 0 aromatic heterocycles. The molecule has 0 fully saturated rings. The Bertz CT molecular complexity index is 543. The largest absolute Gasteiger partial charge is 0.398 e. The molecule has 0 aliphatic heterocycles. The van der Waals surface area contributed by atoms with Gasteiger partial charge in [0.25, 0.3) is 0 Å². The van der Waals surface area contributed by atoms with Gasteiger partial charge in [0.1, 0.15) is 0 Å². The van der Waals surface area contributed by atoms with Gasteiger partial charge in [-0.3, -0.25) is 0 Å². The topological polar surface area (TPSA) is 92.4 Å². The van der Waals surface area contributed by atoms with Gasteiger partial charge in [-0.2, -0.15) is 11.8 Å². The first-order valence-electron chi connectivity index (χ1n) is 6.40. The van der Waals surface area contributed by atoms with E-state index in [2.05, 4.69) is 4.72 Å². The average molecular weight is 318 g/mol. The lowest BCUT2D eigenvalue weighted by atomic mass is 10.1. The summed E-state index contributed by atoms with van der Waals surface area (Å²) in [5.74, 6) is 0. The van der Waals surface area contributed by atoms with E-state index >= 15 is 0 Å². The number of aryl methyl sites for hydroxylation is 1. The minimum Gasteiger partial charge on any atom is -0.398 e. The third-order valence-corrected chi connectivity index (χ3v) is 5.91. The van der Waals surface area contributed by atoms with Gasteiger partial charge in [-0.1, -0.05) is 13.0 Å². The van der Waals surface area contributed by atoms with E-state index in [-0.39, 0.29) is 22.8 Å². The lowest BCUT2D eigenvalue weighted by Crippen LogP contribution is -2.41. The molecule has 2 atom stereocenters. The van der Waals surface area contributed by atoms with E-state index in [9.17, 15) is 13.5 Å². The maximum atomic E-state index is 12.3. The van der Waals surface area contributed by atoms with Crippen molar-refractivity contribution < 1.29 is 13.5 Å². The van der Waals surface area contributed by atoms with Gasteiger partial charge in [-0.15, -0.1) is 0 Å². The van der Waals surface area contributed by atoms with Crippen LogP contribution in [0.4, 0.5) is 5.69 Å². The van der Waals surface area contributed by atoms with E-state index in [4.69, 9.17) is 5.73 Å². The van der Waals surface area contributed by atoms with Crippen LogP contribution in [0.1, 0.15) is 19.4 Å². The summed E-state index contributed by atoms with van der Waals surface area (Å²) >= 11 is 1.42. The Labute approximate surface area is 125 Å². The molecule has 0 saturated heterocycles. The summed E-state index contributed by atoms with van der Waals surface area (Å²) in [5.41, 5.74) is 7.24. The predicted octanol–water partition coefficient (Wildman–Crippen LogP) is 1.22. The molecule has 0 aliphatic carbocycles. The minimum absolute atomic E-state index is 0.0816. The third-order valence-electron chi connectivity index (χ3n) is 3.19. The number of anilines is 1. The van der Waals surface area contributed by atoms with Gasteiger partial charge in [0.05, 0.1) is 11.5 Å². The molecule has 1 rings (SSSR count). The summed E-state index contributed by atoms with van der Waals surface area (Å²) < 4.78 is 27.1. The molecule has 0 aliphatic rings. The fraction of sp³-hybridized carbons (Fsp3) is 0.538. The van der Waals surface area contributed by atoms with Gasteiger partial charge < -0.3 is 10.8 Å². The molecule has 114 valence electrons. The highest BCUT2D eigenvalue weighted by molar-refractivity contribution is 7.99. The normalized spacial score (nSPS) is 15.0. The van der Waals surface area contributed by atoms with E-state index in [1.165, 1.54) is 17.8 Å². The number of thioether (sulfide) groups is 1. The lowest BCUT2D eigenvalue weighted by molar-refractivity contribution is 0.282. The Balaban J connectivity index is 2.97. The summed E-state index contributed by atoms with van der Waals surface area (Å²) in [6.45, 7) is 3.62. The highest BCUT2D eigenvalue weighted by Gasteiger charge is 2.23. The summed E-state index contributed by atoms with van der Waals surface area (Å²) in [6.07, 6.45) is 2.59. The highest BCUT2D eigenvalue weighted by atomic mass is 32.2. The molecule has 20 heavy (non-hydrogen) atoms. The molecule has 2 unspecified atom stereocenters. The van der Waals surface area contributed by atoms with Gasteiger partial charge in [0.15, 0.2) is 0 Å². The van der Waals surface area contributed by atoms with E-state index in [0.717, 1.165) is 12.0 Å². The SMILES string of the molecule is CCc1ccc(S(=O)(=O)NC(C)C(CO)SC)cc1N. The molecule has 1 aromatic carbocycles. The fourth-order valence-corrected chi connectivity index (χ4v) is 3.92. The number of hydrogen-bond acceptors (Lipinski definition) is 5. The van der Waals surface area contributed by atoms with Crippen LogP contribution < -0.4 is 10.5 Å². The molecule has 0 heterocycles. The Morgan fingerprint density at radius 2 is 2.10 bits per heavy atom. The number of rotatable bonds is 7. The van der Waals surface area contributed by atoms with Crippen molar-refractivity contribution in [3.05, 3.63) is 23.8 Å². The van der Waals surface area contributed by atoms with Crippen LogP contribution in [-0.4, -0.2) is 37.7 Å². The van der Waals surface area contributed by atoms with Gasteiger partial charge in [-0.05, 0) is 37.3 Å². The Morgan fingerprint density at radius 1 is 1.45 bits per heavy atom. The van der Waals surface area contributed by atoms with Crippen LogP contribution in [0.15, 0.2) is 23.1 Å². The Kier molecular flexibility index (Phi) is 6.32. The van der Waals surface area contributed by atoms with E-state index in [1.807, 2.05) is 13.2 Å². The molecule has 0 spiro atoms. The van der Waals surface area contributed by atoms with Crippen LogP contribution in [0.3, 0.4) is 0 Å². The molecule has 0 saturated carbocycles. The van der Waals surface area contributed by atoms with Gasteiger partial charge in [0.2, 0.25) is 10.0 Å². The number of nitrogen functional groups attached to an aromatic ring is 1. The molecule has 0 bridgehead atoms. The number of aliphatic hydroxyl groups is 1. The predicted molar refractivity (Wildman–Crippen MR) is 84.4 cm³/mol. The number of aliphatic hydroxyl groups excluding tert-OH is 1. The molecule has 0 radical (unpaired) electrons. The third kappa shape index (κ3) is 4.12. The number of nitrogens with two attached hydrogens (primary N) is 1. The van der Waals surface area contributed by atoms with Crippen LogP contribution in [0, 0.1) is 0 Å². The first-order chi connectivity index (χ1) is 9.35. The van der Waals surface area contributed by atoms with Crippen molar-refractivity contribution in [2.24, 2.45) is 0 Å². The van der Waals surface area contributed by atoms with Crippen LogP contribution in [0.25, 0.3) is 0 Å². The molecule has 7 heteroatoms. The average Bonchev–Trinajstić information content (AvgIpc) is 2.39. The summed E-state index contributed by atoms with van der Waals surface area (Å²) in [4.78, 5) is 0.150. The summed E-state index contributed by atoms with van der Waals surface area (Å²) in [7, 11) is -3.63. The van der Waals surface area contributed by atoms with E-state index < -0.39 is 10.0 Å². The lowest BCUT2D eigenvalue weighted by Gasteiger charge is -2.21. The zero-order chi connectivity index (χ0) is 15.3. The smallest absolute Gasteiger partial charge is 0.240 e. The molecule has 0 amide bonds. The van der Waals surface area contributed by atoms with Crippen LogP contribution in [-0.2, 0) is 16.4 Å². The van der Waals surface area contributed by atoms with Gasteiger partial charge in [-0.25, -0.2) is 13.1 Å². The molecule has 1 aromatic rings. The first kappa shape index (κ1) is 17.3. The summed E-state index contributed by atoms with van der Waals surface area (Å²) in [5, 5.41) is 9.02. The molecular formula is C13H22N2O3S2. The standard InChI is InChI=1S/C13H22N2O3S2/c1-4-10-5-6-11(7-12(10)14)20(17,18)15-9(2)13(8-16)19-3/h5-7,9,13,15-16H,4,8,14H2,1-3H3. The zero-order valence-corrected chi connectivity index (χ0v) is 13.6. The Hall–Kier alpha value is -0.760. The van der Waals surface area contributed by atoms with E-state index in [0.29, 0.717) is 5.69 Å². The second-order valence-corrected chi connectivity index (χ2v) is 7.37. The van der Waals surface area contributed by atoms with Crippen LogP contribution in [0.5, 0.6) is 0 Å². The quantitative estimate of drug-likeness (QED) is 0.657. The van der Waals surface area contributed by atoms with Gasteiger partial charge in [0, 0.05) is 17.0 Å². The second kappa shape index (κ2) is 7.31. The maximum Gasteiger partial charge on any atom is 0.240 e. The Morgan fingerprint density at radius 3 is 2.55 bits per heavy atom. The van der Waals surface area contributed by atoms with Crippen molar-refractivity contribution in [3.8, 4) is 0 Å². The van der Waals surface area contributed by atoms with Crippen LogP contribution >= 0.6 is 11.8 Å². The molecule has 5 nitrogen and oxygen atoms in total. The van der Waals surface area contributed by atoms with Crippen molar-refractivity contribution in [1.82, 2.24) is 4.72 Å². The van der Waals surface area contributed by atoms with Gasteiger partial charge >= 0.3 is 0 Å². The van der Waals surface area contributed by atoms with Crippen LogP contribution in [0.2, 0.25) is 0 Å². The second-order valence-electron chi connectivity index (χ2n) is 4.58. The van der Waals surface area contributed by atoms with Crippen molar-refractivity contribution in [2.75, 3.05) is 18.6 Å². The zero-order valence-electron chi connectivity index (χ0n) is 12.0. The number of benzene rings is 1. The van der Waals surface area contributed by atoms with Crippen molar-refractivity contribution in [3.63, 3.8) is 0 Å². The van der Waals surface area contributed by atoms with Crippen molar-refractivity contribution >= 4 is 27.5 Å². The number of nitrogens with one attached hydrogen (secondary N) is 1. The highest BCUT2D eigenvalue weighted by Crippen LogP contribution is 2.20. The molecule has 4 N–H and O–H groups in total. The first-order valence-corrected chi connectivity index (χ1v) is 9.17. The van der Waals surface area contributed by atoms with Crippen molar-refractivity contribution in [2.45, 2.75) is 36.5 Å². The maximum absolute atomic E-state index is 12.3. The minimum atomic E-state index is -3.63. The number of sulfonamides is 1. The molecular weight excluding hydrogens is 296 g/mol. The fourth-order valence-electron chi connectivity index (χ4n) is 1.89. The van der Waals surface area contributed by atoms with Crippen molar-refractivity contribution in [1.29, 1.82) is 0 Å². The van der Waals surface area contributed by atoms with E-state index in [1.54, 1.807) is 19.1 Å². The summed E-state index contributed by atoms with van der Waals surface area (Å²) in [6, 6.07) is 4.39. The monoisotopic (exact) mass is 318 g/mol. The number of hydrogen-bond donors (Lipinski definition) is 3.